The molecule has 206 valence electrons. The number of hydrogen-bond acceptors (Lipinski definition) is 8. The van der Waals surface area contributed by atoms with E-state index in [9.17, 15) is 19.2 Å². The molecule has 0 bridgehead atoms. The lowest BCUT2D eigenvalue weighted by Crippen LogP contribution is -2.54. The molecule has 1 aliphatic heterocycles. The number of aryl methyl sites for hydroxylation is 1. The van der Waals surface area contributed by atoms with Gasteiger partial charge in [-0.3, -0.25) is 14.9 Å². The minimum absolute atomic E-state index is 0.0223. The smallest absolute Gasteiger partial charge is 0.343 e. The molecule has 0 unspecified atom stereocenters. The molecule has 40 heavy (non-hydrogen) atoms. The Labute approximate surface area is 246 Å². The maximum atomic E-state index is 13.4. The molecule has 0 aromatic heterocycles. The third-order valence-electron chi connectivity index (χ3n) is 5.79. The highest BCUT2D eigenvalue weighted by Gasteiger charge is 2.37. The summed E-state index contributed by atoms with van der Waals surface area (Å²) in [5, 5.41) is 2.19. The zero-order chi connectivity index (χ0) is 29.1. The summed E-state index contributed by atoms with van der Waals surface area (Å²) >= 11 is 6.76. The van der Waals surface area contributed by atoms with Gasteiger partial charge in [0.05, 0.1) is 37.1 Å². The lowest BCUT2D eigenvalue weighted by Gasteiger charge is -2.26. The summed E-state index contributed by atoms with van der Waals surface area (Å²) in [6.45, 7) is 1.81. The van der Waals surface area contributed by atoms with Gasteiger partial charge in [0.25, 0.3) is 11.8 Å². The molecule has 4 amide bonds. The first-order valence-corrected chi connectivity index (χ1v) is 13.2. The number of amides is 4. The molecule has 1 N–H and O–H groups in total. The Hall–Kier alpha value is -4.16. The van der Waals surface area contributed by atoms with Gasteiger partial charge in [-0.1, -0.05) is 28.1 Å². The normalized spacial score (nSPS) is 14.2. The summed E-state index contributed by atoms with van der Waals surface area (Å²) in [5.74, 6) is -1.69. The Kier molecular flexibility index (Phi) is 8.60. The van der Waals surface area contributed by atoms with E-state index in [1.807, 2.05) is 13.0 Å². The summed E-state index contributed by atoms with van der Waals surface area (Å²) in [6, 6.07) is 11.9. The Morgan fingerprint density at radius 1 is 0.900 bits per heavy atom. The molecule has 0 radical (unpaired) electrons. The summed E-state index contributed by atoms with van der Waals surface area (Å²) < 4.78 is 22.6. The average Bonchev–Trinajstić information content (AvgIpc) is 2.91. The van der Waals surface area contributed by atoms with Crippen molar-refractivity contribution in [1.29, 1.82) is 0 Å². The van der Waals surface area contributed by atoms with Crippen molar-refractivity contribution >= 4 is 67.4 Å². The molecule has 10 nitrogen and oxygen atoms in total. The van der Waals surface area contributed by atoms with E-state index in [2.05, 4.69) is 37.2 Å². The van der Waals surface area contributed by atoms with Crippen LogP contribution in [0.2, 0.25) is 0 Å². The predicted octanol–water partition coefficient (Wildman–Crippen LogP) is 5.43. The number of hydrogen-bond donors (Lipinski definition) is 1. The highest BCUT2D eigenvalue weighted by molar-refractivity contribution is 9.11. The highest BCUT2D eigenvalue weighted by atomic mass is 79.9. The number of carbonyl (C=O) groups is 4. The second-order valence-electron chi connectivity index (χ2n) is 8.41. The fourth-order valence-electron chi connectivity index (χ4n) is 3.96. The fourth-order valence-corrected chi connectivity index (χ4v) is 5.30. The molecule has 4 rings (SSSR count). The lowest BCUT2D eigenvalue weighted by molar-refractivity contribution is -0.122. The number of rotatable bonds is 7. The number of esters is 1. The molecule has 3 aromatic rings. The van der Waals surface area contributed by atoms with Gasteiger partial charge in [-0.05, 0) is 70.9 Å². The van der Waals surface area contributed by atoms with Crippen molar-refractivity contribution < 1.29 is 38.1 Å². The number of nitrogens with zero attached hydrogens (tertiary/aromatic N) is 1. The minimum Gasteiger partial charge on any atom is -0.493 e. The van der Waals surface area contributed by atoms with Crippen LogP contribution in [0.5, 0.6) is 23.0 Å². The molecular weight excluding hydrogens is 652 g/mol. The van der Waals surface area contributed by atoms with Crippen LogP contribution in [0.15, 0.2) is 63.0 Å². The van der Waals surface area contributed by atoms with Crippen molar-refractivity contribution in [3.8, 4) is 23.0 Å². The van der Waals surface area contributed by atoms with Gasteiger partial charge in [0.1, 0.15) is 5.57 Å². The van der Waals surface area contributed by atoms with Crippen LogP contribution in [0.3, 0.4) is 0 Å². The van der Waals surface area contributed by atoms with Gasteiger partial charge in [0.15, 0.2) is 17.2 Å². The van der Waals surface area contributed by atoms with E-state index in [1.165, 1.54) is 39.5 Å². The highest BCUT2D eigenvalue weighted by Crippen LogP contribution is 2.40. The first kappa shape index (κ1) is 28.8. The van der Waals surface area contributed by atoms with Gasteiger partial charge in [0, 0.05) is 10.0 Å². The van der Waals surface area contributed by atoms with Gasteiger partial charge in [-0.15, -0.1) is 0 Å². The number of carbonyl (C=O) groups excluding carboxylic acids is 4. The second-order valence-corrected chi connectivity index (χ2v) is 10.2. The number of barbiturate groups is 1. The molecule has 0 aliphatic carbocycles. The number of urea groups is 1. The quantitative estimate of drug-likeness (QED) is 0.153. The monoisotopic (exact) mass is 672 g/mol. The van der Waals surface area contributed by atoms with Crippen LogP contribution in [0.25, 0.3) is 6.08 Å². The molecule has 1 aliphatic rings. The zero-order valence-corrected chi connectivity index (χ0v) is 24.8. The molecule has 12 heteroatoms. The van der Waals surface area contributed by atoms with Crippen LogP contribution in [-0.2, 0) is 9.59 Å². The van der Waals surface area contributed by atoms with Gasteiger partial charge in [-0.25, -0.2) is 14.5 Å². The largest absolute Gasteiger partial charge is 0.493 e. The molecule has 1 heterocycles. The Morgan fingerprint density at radius 3 is 2.17 bits per heavy atom. The van der Waals surface area contributed by atoms with Crippen LogP contribution in [-0.4, -0.2) is 45.1 Å². The van der Waals surface area contributed by atoms with Gasteiger partial charge < -0.3 is 18.9 Å². The number of methoxy groups -OCH3 is 3. The molecular formula is C28H22Br2N2O8. The number of halogens is 2. The summed E-state index contributed by atoms with van der Waals surface area (Å²) in [7, 11) is 4.27. The van der Waals surface area contributed by atoms with E-state index in [1.54, 1.807) is 30.3 Å². The predicted molar refractivity (Wildman–Crippen MR) is 153 cm³/mol. The van der Waals surface area contributed by atoms with Crippen molar-refractivity contribution in [2.45, 2.75) is 6.92 Å². The van der Waals surface area contributed by atoms with Crippen LogP contribution in [0.1, 0.15) is 21.5 Å². The Morgan fingerprint density at radius 2 is 1.57 bits per heavy atom. The van der Waals surface area contributed by atoms with E-state index < -0.39 is 23.8 Å². The van der Waals surface area contributed by atoms with Crippen LogP contribution >= 0.6 is 31.9 Å². The van der Waals surface area contributed by atoms with Crippen LogP contribution in [0.4, 0.5) is 10.5 Å². The fraction of sp³-hybridized carbons (Fsp3) is 0.143. The summed E-state index contributed by atoms with van der Waals surface area (Å²) in [5.41, 5.74) is 1.07. The average molecular weight is 674 g/mol. The van der Waals surface area contributed by atoms with Crippen LogP contribution < -0.4 is 29.2 Å². The van der Waals surface area contributed by atoms with E-state index in [4.69, 9.17) is 18.9 Å². The Balaban J connectivity index is 1.76. The molecule has 0 spiro atoms. The third kappa shape index (κ3) is 5.73. The summed E-state index contributed by atoms with van der Waals surface area (Å²) in [6.07, 6.45) is 1.25. The SMILES string of the molecule is COc1cc(C(=O)Oc2c(Br)cc(Br)cc2/C=C2/C(=O)NC(=O)N(c3cccc(C)c3)C2=O)cc(OC)c1OC. The maximum absolute atomic E-state index is 13.4. The maximum Gasteiger partial charge on any atom is 0.343 e. The van der Waals surface area contributed by atoms with Crippen molar-refractivity contribution in [1.82, 2.24) is 5.32 Å². The number of anilines is 1. The van der Waals surface area contributed by atoms with Gasteiger partial charge in [0.2, 0.25) is 5.75 Å². The minimum atomic E-state index is -0.892. The zero-order valence-electron chi connectivity index (χ0n) is 21.7. The van der Waals surface area contributed by atoms with Crippen molar-refractivity contribution in [3.05, 3.63) is 79.7 Å². The van der Waals surface area contributed by atoms with Gasteiger partial charge in [-0.2, -0.15) is 0 Å². The van der Waals surface area contributed by atoms with E-state index >= 15 is 0 Å². The molecule has 1 saturated heterocycles. The number of nitrogens with one attached hydrogen (secondary N) is 1. The summed E-state index contributed by atoms with van der Waals surface area (Å²) in [4.78, 5) is 52.9. The number of benzene rings is 3. The first-order valence-electron chi connectivity index (χ1n) is 11.6. The van der Waals surface area contributed by atoms with E-state index in [0.717, 1.165) is 10.5 Å². The second kappa shape index (κ2) is 11.9. The van der Waals surface area contributed by atoms with Crippen molar-refractivity contribution in [2.24, 2.45) is 0 Å². The van der Waals surface area contributed by atoms with E-state index in [0.29, 0.717) is 20.4 Å². The van der Waals surface area contributed by atoms with Crippen LogP contribution in [0, 0.1) is 6.92 Å². The standard InChI is InChI=1S/C28H22Br2N2O8/c1-14-6-5-7-18(8-14)32-26(34)19(25(33)31-28(32)36)10-15-9-17(29)13-20(30)23(15)40-27(35)16-11-21(37-2)24(39-4)22(12-16)38-3/h5-13H,1-4H3,(H,31,33,36)/b19-10-. The van der Waals surface area contributed by atoms with Crippen molar-refractivity contribution in [2.75, 3.05) is 26.2 Å². The molecule has 0 atom stereocenters. The first-order chi connectivity index (χ1) is 19.1. The molecule has 1 fully saturated rings. The topological polar surface area (TPSA) is 120 Å². The van der Waals surface area contributed by atoms with E-state index in [-0.39, 0.29) is 33.9 Å². The number of ether oxygens (including phenoxy) is 4. The molecule has 3 aromatic carbocycles. The van der Waals surface area contributed by atoms with Crippen molar-refractivity contribution in [3.63, 3.8) is 0 Å². The number of imide groups is 2. The Bertz CT molecular complexity index is 1560. The lowest BCUT2D eigenvalue weighted by atomic mass is 10.1. The third-order valence-corrected chi connectivity index (χ3v) is 6.84. The molecule has 0 saturated carbocycles. The van der Waals surface area contributed by atoms with Gasteiger partial charge >= 0.3 is 12.0 Å².